The maximum absolute atomic E-state index is 12.7. The van der Waals surface area contributed by atoms with E-state index < -0.39 is 0 Å². The average molecular weight is 382 g/mol. The topological polar surface area (TPSA) is 85.8 Å². The van der Waals surface area contributed by atoms with E-state index in [0.717, 1.165) is 55.1 Å². The van der Waals surface area contributed by atoms with E-state index in [1.165, 1.54) is 32.1 Å². The number of carbonyl (C=O) groups is 1. The number of amides is 1. The number of carbonyl (C=O) groups excluding carboxylic acids is 1. The number of fused-ring (bicyclic) bond motifs is 1. The average Bonchev–Trinajstić information content (AvgIpc) is 2.97. The summed E-state index contributed by atoms with van der Waals surface area (Å²) in [6, 6.07) is 7.97. The van der Waals surface area contributed by atoms with Gasteiger partial charge < -0.3 is 15.6 Å². The van der Waals surface area contributed by atoms with E-state index in [1.807, 2.05) is 24.3 Å². The molecule has 1 aromatic carbocycles. The van der Waals surface area contributed by atoms with E-state index >= 15 is 0 Å². The zero-order valence-corrected chi connectivity index (χ0v) is 16.6. The van der Waals surface area contributed by atoms with Crippen molar-refractivity contribution in [1.29, 1.82) is 0 Å². The lowest BCUT2D eigenvalue weighted by molar-refractivity contribution is -0.118. The number of hydrogen-bond acceptors (Lipinski definition) is 4. The number of rotatable bonds is 5. The van der Waals surface area contributed by atoms with Gasteiger partial charge in [0.05, 0.1) is 0 Å². The highest BCUT2D eigenvalue weighted by atomic mass is 16.1. The van der Waals surface area contributed by atoms with Crippen molar-refractivity contribution in [1.82, 2.24) is 14.8 Å². The fourth-order valence-corrected chi connectivity index (χ4v) is 4.74. The van der Waals surface area contributed by atoms with Gasteiger partial charge in [-0.1, -0.05) is 37.8 Å². The minimum atomic E-state index is -0.0235. The largest absolute Gasteiger partial charge is 0.330 e. The van der Waals surface area contributed by atoms with Crippen LogP contribution in [0.5, 0.6) is 0 Å². The van der Waals surface area contributed by atoms with Crippen molar-refractivity contribution in [2.45, 2.75) is 70.8 Å². The van der Waals surface area contributed by atoms with Gasteiger partial charge in [0.25, 0.3) is 0 Å². The molecule has 0 spiro atoms. The Morgan fingerprint density at radius 1 is 1.11 bits per heavy atom. The van der Waals surface area contributed by atoms with Crippen LogP contribution in [0.2, 0.25) is 0 Å². The first-order chi connectivity index (χ1) is 13.7. The van der Waals surface area contributed by atoms with Crippen LogP contribution >= 0.6 is 0 Å². The Bertz CT molecular complexity index is 822. The molecule has 1 fully saturated rings. The Hall–Kier alpha value is -2.21. The Morgan fingerprint density at radius 3 is 2.75 bits per heavy atom. The molecular formula is C22H31N5O. The summed E-state index contributed by atoms with van der Waals surface area (Å²) in [6.45, 7) is 1.56. The quantitative estimate of drug-likeness (QED) is 0.822. The van der Waals surface area contributed by atoms with Crippen LogP contribution in [0.3, 0.4) is 0 Å². The Kier molecular flexibility index (Phi) is 5.76. The molecule has 0 atom stereocenters. The van der Waals surface area contributed by atoms with Gasteiger partial charge in [-0.25, -0.2) is 0 Å². The van der Waals surface area contributed by atoms with Gasteiger partial charge in [-0.05, 0) is 49.8 Å². The summed E-state index contributed by atoms with van der Waals surface area (Å²) in [5, 5.41) is 11.9. The summed E-state index contributed by atoms with van der Waals surface area (Å²) >= 11 is 0. The van der Waals surface area contributed by atoms with Crippen molar-refractivity contribution >= 4 is 11.6 Å². The molecule has 1 saturated carbocycles. The van der Waals surface area contributed by atoms with Crippen LogP contribution in [-0.4, -0.2) is 27.2 Å². The monoisotopic (exact) mass is 381 g/mol. The number of nitrogens with two attached hydrogens (primary N) is 1. The summed E-state index contributed by atoms with van der Waals surface area (Å²) in [5.41, 5.74) is 7.84. The fourth-order valence-electron chi connectivity index (χ4n) is 4.74. The number of aryl methyl sites for hydroxylation is 1. The van der Waals surface area contributed by atoms with Crippen LogP contribution in [0.1, 0.15) is 63.6 Å². The third-order valence-corrected chi connectivity index (χ3v) is 6.40. The maximum atomic E-state index is 12.7. The second kappa shape index (κ2) is 8.43. The van der Waals surface area contributed by atoms with Crippen LogP contribution in [0.4, 0.5) is 5.69 Å². The van der Waals surface area contributed by atoms with Crippen molar-refractivity contribution in [3.05, 3.63) is 30.1 Å². The van der Waals surface area contributed by atoms with Gasteiger partial charge >= 0.3 is 0 Å². The third-order valence-electron chi connectivity index (χ3n) is 6.40. The predicted molar refractivity (Wildman–Crippen MR) is 111 cm³/mol. The molecule has 28 heavy (non-hydrogen) atoms. The van der Waals surface area contributed by atoms with Crippen LogP contribution in [0.25, 0.3) is 11.4 Å². The SMILES string of the molecule is NCC1(CC(=O)Nc2cccc(-c3nnc4n3CCCCC4)c2)CCCCC1. The molecular weight excluding hydrogens is 350 g/mol. The van der Waals surface area contributed by atoms with Crippen molar-refractivity contribution in [3.8, 4) is 11.4 Å². The first-order valence-corrected chi connectivity index (χ1v) is 10.7. The van der Waals surface area contributed by atoms with Gasteiger partial charge in [-0.15, -0.1) is 10.2 Å². The third kappa shape index (κ3) is 4.12. The molecule has 1 aromatic heterocycles. The summed E-state index contributed by atoms with van der Waals surface area (Å²) in [6.07, 6.45) is 10.8. The smallest absolute Gasteiger partial charge is 0.224 e. The minimum absolute atomic E-state index is 0.0235. The zero-order chi connectivity index (χ0) is 19.4. The second-order valence-corrected chi connectivity index (χ2v) is 8.47. The van der Waals surface area contributed by atoms with Gasteiger partial charge in [0.15, 0.2) is 5.82 Å². The van der Waals surface area contributed by atoms with E-state index in [2.05, 4.69) is 20.1 Å². The van der Waals surface area contributed by atoms with Gasteiger partial charge in [0.1, 0.15) is 5.82 Å². The first-order valence-electron chi connectivity index (χ1n) is 10.7. The molecule has 0 unspecified atom stereocenters. The molecule has 0 radical (unpaired) electrons. The van der Waals surface area contributed by atoms with Gasteiger partial charge in [-0.2, -0.15) is 0 Å². The highest BCUT2D eigenvalue weighted by molar-refractivity contribution is 5.91. The molecule has 1 aliphatic carbocycles. The fraction of sp³-hybridized carbons (Fsp3) is 0.591. The second-order valence-electron chi connectivity index (χ2n) is 8.47. The number of anilines is 1. The minimum Gasteiger partial charge on any atom is -0.330 e. The van der Waals surface area contributed by atoms with Gasteiger partial charge in [0, 0.05) is 30.6 Å². The van der Waals surface area contributed by atoms with Crippen LogP contribution in [0.15, 0.2) is 24.3 Å². The first kappa shape index (κ1) is 19.1. The summed E-state index contributed by atoms with van der Waals surface area (Å²) in [7, 11) is 0. The summed E-state index contributed by atoms with van der Waals surface area (Å²) in [5.74, 6) is 2.03. The van der Waals surface area contributed by atoms with Crippen molar-refractivity contribution < 1.29 is 4.79 Å². The van der Waals surface area contributed by atoms with Gasteiger partial charge in [0.2, 0.25) is 5.91 Å². The van der Waals surface area contributed by atoms with Crippen LogP contribution in [-0.2, 0) is 17.8 Å². The molecule has 0 saturated heterocycles. The Morgan fingerprint density at radius 2 is 1.93 bits per heavy atom. The Labute approximate surface area is 166 Å². The van der Waals surface area contributed by atoms with E-state index in [1.54, 1.807) is 0 Å². The lowest BCUT2D eigenvalue weighted by Crippen LogP contribution is -2.36. The predicted octanol–water partition coefficient (Wildman–Crippen LogP) is 3.91. The van der Waals surface area contributed by atoms with E-state index in [0.29, 0.717) is 13.0 Å². The zero-order valence-electron chi connectivity index (χ0n) is 16.6. The molecule has 4 rings (SSSR count). The molecule has 3 N–H and O–H groups in total. The summed E-state index contributed by atoms with van der Waals surface area (Å²) in [4.78, 5) is 12.7. The van der Waals surface area contributed by atoms with Crippen LogP contribution in [0, 0.1) is 5.41 Å². The molecule has 6 nitrogen and oxygen atoms in total. The highest BCUT2D eigenvalue weighted by Gasteiger charge is 2.33. The molecule has 2 heterocycles. The maximum Gasteiger partial charge on any atom is 0.224 e. The number of nitrogens with one attached hydrogen (secondary N) is 1. The summed E-state index contributed by atoms with van der Waals surface area (Å²) < 4.78 is 2.24. The number of benzene rings is 1. The van der Waals surface area contributed by atoms with E-state index in [-0.39, 0.29) is 11.3 Å². The van der Waals surface area contributed by atoms with Crippen molar-refractivity contribution in [2.24, 2.45) is 11.1 Å². The van der Waals surface area contributed by atoms with E-state index in [4.69, 9.17) is 5.73 Å². The number of aromatic nitrogens is 3. The highest BCUT2D eigenvalue weighted by Crippen LogP contribution is 2.38. The molecule has 1 aliphatic heterocycles. The number of hydrogen-bond donors (Lipinski definition) is 2. The molecule has 1 amide bonds. The van der Waals surface area contributed by atoms with Crippen molar-refractivity contribution in [2.75, 3.05) is 11.9 Å². The molecule has 6 heteroatoms. The lowest BCUT2D eigenvalue weighted by Gasteiger charge is -2.35. The number of nitrogens with zero attached hydrogens (tertiary/aromatic N) is 3. The molecule has 150 valence electrons. The van der Waals surface area contributed by atoms with E-state index in [9.17, 15) is 4.79 Å². The molecule has 0 bridgehead atoms. The molecule has 2 aromatic rings. The Balaban J connectivity index is 1.48. The van der Waals surface area contributed by atoms with Crippen LogP contribution < -0.4 is 11.1 Å². The standard InChI is InChI=1S/C22H31N5O/c23-16-22(11-4-2-5-12-22)15-20(28)24-18-9-7-8-17(14-18)21-26-25-19-10-3-1-6-13-27(19)21/h7-9,14H,1-6,10-13,15-16,23H2,(H,24,28). The normalized spacial score (nSPS) is 18.9. The lowest BCUT2D eigenvalue weighted by atomic mass is 9.71. The van der Waals surface area contributed by atoms with Gasteiger partial charge in [-0.3, -0.25) is 4.79 Å². The van der Waals surface area contributed by atoms with Crippen molar-refractivity contribution in [3.63, 3.8) is 0 Å². The molecule has 2 aliphatic rings.